The number of pyridine rings is 1. The Morgan fingerprint density at radius 1 is 1.38 bits per heavy atom. The van der Waals surface area contributed by atoms with Crippen molar-refractivity contribution in [3.63, 3.8) is 0 Å². The van der Waals surface area contributed by atoms with E-state index in [1.54, 1.807) is 18.2 Å². The van der Waals surface area contributed by atoms with Crippen LogP contribution in [0.4, 0.5) is 5.69 Å². The van der Waals surface area contributed by atoms with Gasteiger partial charge in [-0.15, -0.1) is 0 Å². The van der Waals surface area contributed by atoms with Gasteiger partial charge >= 0.3 is 17.2 Å². The third kappa shape index (κ3) is 3.16. The Labute approximate surface area is 126 Å². The average Bonchev–Trinajstić information content (AvgIpc) is 2.42. The second-order valence-corrected chi connectivity index (χ2v) is 5.11. The summed E-state index contributed by atoms with van der Waals surface area (Å²) in [7, 11) is 0. The van der Waals surface area contributed by atoms with Crippen molar-refractivity contribution in [2.24, 2.45) is 0 Å². The van der Waals surface area contributed by atoms with Gasteiger partial charge in [0.25, 0.3) is 0 Å². The smallest absolute Gasteiger partial charge is 0.336 e. The van der Waals surface area contributed by atoms with Gasteiger partial charge in [-0.2, -0.15) is 0 Å². The second-order valence-electron chi connectivity index (χ2n) is 4.20. The van der Waals surface area contributed by atoms with Crippen LogP contribution in [0.25, 0.3) is 0 Å². The fourth-order valence-corrected chi connectivity index (χ4v) is 2.35. The SMILES string of the molecule is O=C(O)c1ccccc1Cn1cc(Br)cc([N+](=O)[O-])c1=O. The number of aromatic nitrogens is 1. The molecule has 0 bridgehead atoms. The van der Waals surface area contributed by atoms with Gasteiger partial charge in [-0.3, -0.25) is 14.9 Å². The van der Waals surface area contributed by atoms with Gasteiger partial charge in [0.15, 0.2) is 0 Å². The minimum Gasteiger partial charge on any atom is -0.478 e. The summed E-state index contributed by atoms with van der Waals surface area (Å²) in [5, 5.41) is 19.9. The summed E-state index contributed by atoms with van der Waals surface area (Å²) in [4.78, 5) is 33.2. The van der Waals surface area contributed by atoms with E-state index in [1.807, 2.05) is 0 Å². The van der Waals surface area contributed by atoms with Crippen molar-refractivity contribution >= 4 is 27.6 Å². The molecule has 0 amide bonds. The number of aromatic carboxylic acids is 1. The quantitative estimate of drug-likeness (QED) is 0.671. The number of carbonyl (C=O) groups is 1. The second kappa shape index (κ2) is 5.88. The Kier molecular flexibility index (Phi) is 4.18. The molecular formula is C13H9BrN2O5. The molecule has 2 aromatic rings. The van der Waals surface area contributed by atoms with Crippen LogP contribution in [0.3, 0.4) is 0 Å². The summed E-state index contributed by atoms with van der Waals surface area (Å²) < 4.78 is 1.46. The van der Waals surface area contributed by atoms with Gasteiger partial charge < -0.3 is 9.67 Å². The van der Waals surface area contributed by atoms with E-state index in [0.717, 1.165) is 10.6 Å². The van der Waals surface area contributed by atoms with E-state index < -0.39 is 22.1 Å². The Morgan fingerprint density at radius 2 is 2.05 bits per heavy atom. The van der Waals surface area contributed by atoms with Crippen LogP contribution < -0.4 is 5.56 Å². The molecule has 8 heteroatoms. The maximum Gasteiger partial charge on any atom is 0.336 e. The van der Waals surface area contributed by atoms with E-state index in [1.165, 1.54) is 12.3 Å². The van der Waals surface area contributed by atoms with Crippen LogP contribution >= 0.6 is 15.9 Å². The van der Waals surface area contributed by atoms with Gasteiger partial charge in [-0.25, -0.2) is 4.79 Å². The van der Waals surface area contributed by atoms with Crippen molar-refractivity contribution < 1.29 is 14.8 Å². The first-order valence-electron chi connectivity index (χ1n) is 5.75. The standard InChI is InChI=1S/C13H9BrN2O5/c14-9-5-11(16(20)21)12(17)15(7-9)6-8-3-1-2-4-10(8)13(18)19/h1-5,7H,6H2,(H,18,19). The van der Waals surface area contributed by atoms with Gasteiger partial charge in [0.1, 0.15) is 0 Å². The molecule has 1 aromatic heterocycles. The van der Waals surface area contributed by atoms with E-state index >= 15 is 0 Å². The first kappa shape index (κ1) is 14.9. The monoisotopic (exact) mass is 352 g/mol. The molecule has 0 atom stereocenters. The zero-order valence-corrected chi connectivity index (χ0v) is 12.1. The molecule has 0 aliphatic rings. The molecule has 1 aromatic carbocycles. The maximum atomic E-state index is 12.0. The zero-order chi connectivity index (χ0) is 15.6. The molecule has 0 spiro atoms. The summed E-state index contributed by atoms with van der Waals surface area (Å²) in [5.74, 6) is -1.12. The lowest BCUT2D eigenvalue weighted by Crippen LogP contribution is -2.23. The number of hydrogen-bond acceptors (Lipinski definition) is 4. The number of halogens is 1. The third-order valence-electron chi connectivity index (χ3n) is 2.82. The van der Waals surface area contributed by atoms with Gasteiger partial charge in [0.05, 0.1) is 17.0 Å². The number of carboxylic acid groups (broad SMARTS) is 1. The number of nitrogens with zero attached hydrogens (tertiary/aromatic N) is 2. The maximum absolute atomic E-state index is 12.0. The summed E-state index contributed by atoms with van der Waals surface area (Å²) in [6, 6.07) is 7.29. The minimum absolute atomic E-state index is 0.0482. The molecule has 0 radical (unpaired) electrons. The minimum atomic E-state index is -1.12. The van der Waals surface area contributed by atoms with Gasteiger partial charge in [-0.05, 0) is 27.6 Å². The third-order valence-corrected chi connectivity index (χ3v) is 3.25. The molecule has 1 heterocycles. The van der Waals surface area contributed by atoms with Crippen molar-refractivity contribution in [3.05, 3.63) is 72.6 Å². The summed E-state index contributed by atoms with van der Waals surface area (Å²) >= 11 is 3.10. The number of carboxylic acids is 1. The van der Waals surface area contributed by atoms with E-state index in [-0.39, 0.29) is 12.1 Å². The predicted molar refractivity (Wildman–Crippen MR) is 77.6 cm³/mol. The zero-order valence-electron chi connectivity index (χ0n) is 10.5. The van der Waals surface area contributed by atoms with E-state index in [2.05, 4.69) is 15.9 Å². The normalized spacial score (nSPS) is 10.3. The number of hydrogen-bond donors (Lipinski definition) is 1. The Hall–Kier alpha value is -2.48. The van der Waals surface area contributed by atoms with Crippen LogP contribution in [-0.4, -0.2) is 20.6 Å². The number of rotatable bonds is 4. The molecule has 7 nitrogen and oxygen atoms in total. The molecule has 0 aliphatic heterocycles. The first-order valence-corrected chi connectivity index (χ1v) is 6.55. The van der Waals surface area contributed by atoms with Crippen LogP contribution in [0.1, 0.15) is 15.9 Å². The molecule has 0 unspecified atom stereocenters. The summed E-state index contributed by atoms with van der Waals surface area (Å²) in [6.07, 6.45) is 1.38. The first-order chi connectivity index (χ1) is 9.90. The number of nitro groups is 1. The average molecular weight is 353 g/mol. The highest BCUT2D eigenvalue weighted by Gasteiger charge is 2.17. The molecule has 0 fully saturated rings. The lowest BCUT2D eigenvalue weighted by Gasteiger charge is -2.09. The fraction of sp³-hybridized carbons (Fsp3) is 0.0769. The van der Waals surface area contributed by atoms with E-state index in [4.69, 9.17) is 5.11 Å². The molecule has 0 saturated heterocycles. The highest BCUT2D eigenvalue weighted by Crippen LogP contribution is 2.16. The van der Waals surface area contributed by atoms with Crippen molar-refractivity contribution in [1.29, 1.82) is 0 Å². The molecule has 108 valence electrons. The lowest BCUT2D eigenvalue weighted by atomic mass is 10.1. The molecular weight excluding hydrogens is 344 g/mol. The van der Waals surface area contributed by atoms with Gasteiger partial charge in [0.2, 0.25) is 0 Å². The van der Waals surface area contributed by atoms with Crippen LogP contribution in [0.15, 0.2) is 45.8 Å². The fourth-order valence-electron chi connectivity index (χ4n) is 1.88. The molecule has 0 aliphatic carbocycles. The van der Waals surface area contributed by atoms with Crippen LogP contribution in [-0.2, 0) is 6.54 Å². The largest absolute Gasteiger partial charge is 0.478 e. The topological polar surface area (TPSA) is 102 Å². The van der Waals surface area contributed by atoms with Crippen molar-refractivity contribution in [2.75, 3.05) is 0 Å². The molecule has 0 saturated carbocycles. The molecule has 21 heavy (non-hydrogen) atoms. The summed E-state index contributed by atoms with van der Waals surface area (Å²) in [6.45, 7) is -0.0679. The van der Waals surface area contributed by atoms with Crippen LogP contribution in [0, 0.1) is 10.1 Å². The van der Waals surface area contributed by atoms with Crippen molar-refractivity contribution in [3.8, 4) is 0 Å². The predicted octanol–water partition coefficient (Wildman–Crippen LogP) is 2.27. The van der Waals surface area contributed by atoms with Crippen molar-refractivity contribution in [1.82, 2.24) is 4.57 Å². The Balaban J connectivity index is 2.53. The number of benzene rings is 1. The van der Waals surface area contributed by atoms with Crippen LogP contribution in [0.5, 0.6) is 0 Å². The highest BCUT2D eigenvalue weighted by molar-refractivity contribution is 9.10. The van der Waals surface area contributed by atoms with E-state index in [0.29, 0.717) is 10.0 Å². The Bertz CT molecular complexity index is 784. The van der Waals surface area contributed by atoms with Gasteiger partial charge in [0, 0.05) is 16.7 Å². The summed E-state index contributed by atoms with van der Waals surface area (Å²) in [5.41, 5.74) is -0.924. The molecule has 2 rings (SSSR count). The lowest BCUT2D eigenvalue weighted by molar-refractivity contribution is -0.386. The van der Waals surface area contributed by atoms with Gasteiger partial charge in [-0.1, -0.05) is 18.2 Å². The molecule has 1 N–H and O–H groups in total. The van der Waals surface area contributed by atoms with Crippen LogP contribution in [0.2, 0.25) is 0 Å². The van der Waals surface area contributed by atoms with Crippen molar-refractivity contribution in [2.45, 2.75) is 6.54 Å². The highest BCUT2D eigenvalue weighted by atomic mass is 79.9. The Morgan fingerprint density at radius 3 is 2.67 bits per heavy atom. The van der Waals surface area contributed by atoms with E-state index in [9.17, 15) is 19.7 Å².